The highest BCUT2D eigenvalue weighted by atomic mass is 19.4. The van der Waals surface area contributed by atoms with Gasteiger partial charge < -0.3 is 20.5 Å². The van der Waals surface area contributed by atoms with E-state index in [1.165, 1.54) is 0 Å². The molecule has 3 N–H and O–H groups in total. The van der Waals surface area contributed by atoms with Crippen LogP contribution in [0, 0.1) is 0 Å². The maximum Gasteiger partial charge on any atom is 0.430 e. The van der Waals surface area contributed by atoms with Crippen LogP contribution in [0.4, 0.5) is 25.1 Å². The van der Waals surface area contributed by atoms with Gasteiger partial charge >= 0.3 is 6.18 Å². The molecule has 1 aliphatic carbocycles. The zero-order valence-corrected chi connectivity index (χ0v) is 14.0. The van der Waals surface area contributed by atoms with Crippen LogP contribution in [0.25, 0.3) is 5.57 Å². The van der Waals surface area contributed by atoms with Crippen molar-refractivity contribution in [1.29, 1.82) is 0 Å². The van der Waals surface area contributed by atoms with E-state index >= 15 is 0 Å². The molecule has 0 saturated carbocycles. The van der Waals surface area contributed by atoms with Crippen molar-refractivity contribution in [3.05, 3.63) is 24.2 Å². The number of hydrogen-bond acceptors (Lipinski definition) is 7. The van der Waals surface area contributed by atoms with E-state index in [9.17, 15) is 18.3 Å². The second-order valence-corrected chi connectivity index (χ2v) is 6.26. The van der Waals surface area contributed by atoms with Crippen LogP contribution in [-0.2, 0) is 4.74 Å². The van der Waals surface area contributed by atoms with Crippen LogP contribution in [0.3, 0.4) is 0 Å². The van der Waals surface area contributed by atoms with Crippen molar-refractivity contribution in [3.63, 3.8) is 0 Å². The minimum Gasteiger partial charge on any atom is -0.389 e. The lowest BCUT2D eigenvalue weighted by molar-refractivity contribution is -0.0899. The van der Waals surface area contributed by atoms with Crippen LogP contribution in [0.15, 0.2) is 18.4 Å². The van der Waals surface area contributed by atoms with Crippen molar-refractivity contribution in [3.8, 4) is 0 Å². The Hall–Kier alpha value is -2.20. The first-order chi connectivity index (χ1) is 12.3. The number of hydrogen-bond donors (Lipinski definition) is 3. The van der Waals surface area contributed by atoms with Gasteiger partial charge in [0.25, 0.3) is 0 Å². The second kappa shape index (κ2) is 7.58. The minimum absolute atomic E-state index is 0.0187. The van der Waals surface area contributed by atoms with E-state index in [0.717, 1.165) is 12.8 Å². The number of rotatable bonds is 5. The van der Waals surface area contributed by atoms with E-state index in [2.05, 4.69) is 32.2 Å². The molecule has 2 atom stereocenters. The summed E-state index contributed by atoms with van der Waals surface area (Å²) in [6.45, 7) is 4.05. The number of anilines is 2. The van der Waals surface area contributed by atoms with Crippen LogP contribution in [0.1, 0.15) is 31.5 Å². The number of ether oxygens (including phenoxy) is 1. The summed E-state index contributed by atoms with van der Waals surface area (Å²) in [5, 5.41) is 15.0. The van der Waals surface area contributed by atoms with Gasteiger partial charge in [-0.3, -0.25) is 0 Å². The Labute approximate surface area is 148 Å². The molecule has 1 aromatic heterocycles. The van der Waals surface area contributed by atoms with Gasteiger partial charge in [-0.05, 0) is 37.3 Å². The topological polar surface area (TPSA) is 92.2 Å². The first kappa shape index (κ1) is 18.6. The van der Waals surface area contributed by atoms with Crippen molar-refractivity contribution in [2.45, 2.75) is 44.0 Å². The summed E-state index contributed by atoms with van der Waals surface area (Å²) in [6, 6.07) is -0.0187. The third kappa shape index (κ3) is 4.70. The van der Waals surface area contributed by atoms with E-state index in [4.69, 9.17) is 4.74 Å². The third-order valence-corrected chi connectivity index (χ3v) is 4.13. The third-order valence-electron chi connectivity index (χ3n) is 4.13. The number of alkyl halides is 3. The molecule has 0 spiro atoms. The quantitative estimate of drug-likeness (QED) is 0.732. The maximum absolute atomic E-state index is 12.8. The normalized spacial score (nSPS) is 23.5. The summed E-state index contributed by atoms with van der Waals surface area (Å²) in [5.74, 6) is 0.140. The van der Waals surface area contributed by atoms with Crippen LogP contribution in [0.5, 0.6) is 0 Å². The lowest BCUT2D eigenvalue weighted by atomic mass is 9.97. The predicted octanol–water partition coefficient (Wildman–Crippen LogP) is 2.49. The monoisotopic (exact) mass is 371 g/mol. The van der Waals surface area contributed by atoms with Crippen LogP contribution < -0.4 is 10.6 Å². The number of aliphatic hydroxyl groups excluding tert-OH is 1. The SMILES string of the molecule is C=C(Nc1nc(N[C@H]2CCOC2)nc(C2=CC(O)CCC2)n1)C(F)(F)F. The molecular formula is C16H20F3N5O2. The fourth-order valence-electron chi connectivity index (χ4n) is 2.76. The average Bonchev–Trinajstić information content (AvgIpc) is 3.06. The zero-order valence-electron chi connectivity index (χ0n) is 14.0. The van der Waals surface area contributed by atoms with Crippen molar-refractivity contribution >= 4 is 17.5 Å². The van der Waals surface area contributed by atoms with E-state index in [-0.39, 0.29) is 23.8 Å². The second-order valence-electron chi connectivity index (χ2n) is 6.26. The fraction of sp³-hybridized carbons (Fsp3) is 0.562. The lowest BCUT2D eigenvalue weighted by Gasteiger charge is -2.18. The van der Waals surface area contributed by atoms with Crippen molar-refractivity contribution < 1.29 is 23.0 Å². The highest BCUT2D eigenvalue weighted by molar-refractivity contribution is 5.63. The van der Waals surface area contributed by atoms with Gasteiger partial charge in [0.1, 0.15) is 5.70 Å². The number of nitrogens with zero attached hydrogens (tertiary/aromatic N) is 3. The molecule has 10 heteroatoms. The molecule has 26 heavy (non-hydrogen) atoms. The van der Waals surface area contributed by atoms with Gasteiger partial charge in [0, 0.05) is 6.61 Å². The van der Waals surface area contributed by atoms with E-state index in [0.29, 0.717) is 31.6 Å². The van der Waals surface area contributed by atoms with E-state index < -0.39 is 18.0 Å². The van der Waals surface area contributed by atoms with Gasteiger partial charge in [-0.1, -0.05) is 6.58 Å². The highest BCUT2D eigenvalue weighted by Crippen LogP contribution is 2.28. The molecule has 2 heterocycles. The Bertz CT molecular complexity index is 702. The molecule has 1 fully saturated rings. The van der Waals surface area contributed by atoms with Gasteiger partial charge in [0.05, 0.1) is 18.8 Å². The first-order valence-corrected chi connectivity index (χ1v) is 8.34. The Morgan fingerprint density at radius 2 is 2.00 bits per heavy atom. The van der Waals surface area contributed by atoms with Crippen LogP contribution in [0.2, 0.25) is 0 Å². The summed E-state index contributed by atoms with van der Waals surface area (Å²) >= 11 is 0. The number of halogens is 3. The number of aromatic nitrogens is 3. The average molecular weight is 371 g/mol. The van der Waals surface area contributed by atoms with Crippen LogP contribution >= 0.6 is 0 Å². The molecular weight excluding hydrogens is 351 g/mol. The molecule has 1 aromatic rings. The Kier molecular flexibility index (Phi) is 5.42. The molecule has 1 saturated heterocycles. The van der Waals surface area contributed by atoms with Gasteiger partial charge in [-0.2, -0.15) is 28.1 Å². The van der Waals surface area contributed by atoms with Crippen LogP contribution in [-0.4, -0.2) is 51.6 Å². The maximum atomic E-state index is 12.8. The van der Waals surface area contributed by atoms with Crippen molar-refractivity contribution in [2.75, 3.05) is 23.8 Å². The molecule has 0 bridgehead atoms. The smallest absolute Gasteiger partial charge is 0.389 e. The molecule has 0 amide bonds. The molecule has 2 aliphatic rings. The zero-order chi connectivity index (χ0) is 18.7. The van der Waals surface area contributed by atoms with Gasteiger partial charge in [-0.15, -0.1) is 0 Å². The summed E-state index contributed by atoms with van der Waals surface area (Å²) in [4.78, 5) is 12.4. The molecule has 3 rings (SSSR count). The lowest BCUT2D eigenvalue weighted by Crippen LogP contribution is -2.23. The Morgan fingerprint density at radius 3 is 2.65 bits per heavy atom. The standard InChI is InChI=1S/C16H20F3N5O2/c1-9(16(17,18)19)20-14-22-13(10-3-2-4-12(25)7-10)23-15(24-14)21-11-5-6-26-8-11/h7,11-12,25H,1-6,8H2,(H2,20,21,22,23,24)/t11-,12?/m0/s1. The molecule has 1 aliphatic heterocycles. The minimum atomic E-state index is -4.61. The molecule has 7 nitrogen and oxygen atoms in total. The Balaban J connectivity index is 1.89. The number of aliphatic hydroxyl groups is 1. The van der Waals surface area contributed by atoms with E-state index in [1.807, 2.05) is 0 Å². The number of nitrogens with one attached hydrogen (secondary N) is 2. The van der Waals surface area contributed by atoms with Gasteiger partial charge in [0.2, 0.25) is 11.9 Å². The predicted molar refractivity (Wildman–Crippen MR) is 89.3 cm³/mol. The fourth-order valence-corrected chi connectivity index (χ4v) is 2.76. The molecule has 142 valence electrons. The summed E-state index contributed by atoms with van der Waals surface area (Å²) in [6.07, 6.45) is -0.835. The largest absolute Gasteiger partial charge is 0.430 e. The Morgan fingerprint density at radius 1 is 1.23 bits per heavy atom. The summed E-state index contributed by atoms with van der Waals surface area (Å²) in [5.41, 5.74) is -0.486. The van der Waals surface area contributed by atoms with E-state index in [1.54, 1.807) is 6.08 Å². The molecule has 0 radical (unpaired) electrons. The van der Waals surface area contributed by atoms with Gasteiger partial charge in [-0.25, -0.2) is 0 Å². The first-order valence-electron chi connectivity index (χ1n) is 8.34. The highest BCUT2D eigenvalue weighted by Gasteiger charge is 2.33. The summed E-state index contributed by atoms with van der Waals surface area (Å²) in [7, 11) is 0. The molecule has 0 aromatic carbocycles. The number of allylic oxidation sites excluding steroid dienone is 2. The molecule has 1 unspecified atom stereocenters. The summed E-state index contributed by atoms with van der Waals surface area (Å²) < 4.78 is 43.6. The van der Waals surface area contributed by atoms with Gasteiger partial charge in [0.15, 0.2) is 5.82 Å². The van der Waals surface area contributed by atoms with Crippen molar-refractivity contribution in [2.24, 2.45) is 0 Å². The van der Waals surface area contributed by atoms with Crippen molar-refractivity contribution in [1.82, 2.24) is 15.0 Å².